The molecule has 0 radical (unpaired) electrons. The summed E-state index contributed by atoms with van der Waals surface area (Å²) in [6, 6.07) is 2.07. The van der Waals surface area contributed by atoms with Crippen LogP contribution in [0.15, 0.2) is 97.6 Å². The Hall–Kier alpha value is -4.45. The molecule has 0 spiro atoms. The molecule has 3 aromatic rings. The van der Waals surface area contributed by atoms with Crippen molar-refractivity contribution in [2.45, 2.75) is 72.6 Å². The summed E-state index contributed by atoms with van der Waals surface area (Å²) in [5.41, 5.74) is 9.47. The van der Waals surface area contributed by atoms with Gasteiger partial charge in [0.25, 0.3) is 0 Å². The smallest absolute Gasteiger partial charge is 0.159 e. The minimum absolute atomic E-state index is 0.712. The SMILES string of the molecule is C=C/C=C(/C1=CCC=C1)c1nc(-c2n[nH]c3cnc(C(/C=C(\C=C)NC(=C)CC4CCCCC4)=C/C)cc23)[nH]c1C.CC. The van der Waals surface area contributed by atoms with Gasteiger partial charge in [0, 0.05) is 28.0 Å². The first-order valence-corrected chi connectivity index (χ1v) is 15.6. The number of aryl methyl sites for hydroxylation is 1. The molecule has 0 aliphatic heterocycles. The van der Waals surface area contributed by atoms with E-state index in [1.165, 1.54) is 32.1 Å². The highest BCUT2D eigenvalue weighted by atomic mass is 15.1. The van der Waals surface area contributed by atoms with Crippen LogP contribution in [0.25, 0.3) is 33.6 Å². The zero-order valence-corrected chi connectivity index (χ0v) is 26.3. The summed E-state index contributed by atoms with van der Waals surface area (Å²) < 4.78 is 0. The monoisotopic (exact) mass is 574 g/mol. The summed E-state index contributed by atoms with van der Waals surface area (Å²) in [6.07, 6.45) is 26.7. The van der Waals surface area contributed by atoms with E-state index in [4.69, 9.17) is 9.97 Å². The molecule has 0 saturated heterocycles. The Morgan fingerprint density at radius 2 is 1.95 bits per heavy atom. The fourth-order valence-corrected chi connectivity index (χ4v) is 5.79. The van der Waals surface area contributed by atoms with Crippen LogP contribution in [0, 0.1) is 12.8 Å². The van der Waals surface area contributed by atoms with E-state index < -0.39 is 0 Å². The molecule has 3 heterocycles. The van der Waals surface area contributed by atoms with Gasteiger partial charge in [-0.25, -0.2) is 4.98 Å². The molecule has 6 nitrogen and oxygen atoms in total. The van der Waals surface area contributed by atoms with Crippen LogP contribution in [0.2, 0.25) is 0 Å². The van der Waals surface area contributed by atoms with Crippen molar-refractivity contribution in [2.75, 3.05) is 0 Å². The highest BCUT2D eigenvalue weighted by molar-refractivity contribution is 5.94. The Bertz CT molecular complexity index is 1610. The summed E-state index contributed by atoms with van der Waals surface area (Å²) in [6.45, 7) is 20.3. The molecule has 5 rings (SSSR count). The van der Waals surface area contributed by atoms with Crippen LogP contribution >= 0.6 is 0 Å². The number of hydrogen-bond donors (Lipinski definition) is 3. The van der Waals surface area contributed by atoms with Gasteiger partial charge in [-0.05, 0) is 62.0 Å². The number of imidazole rings is 1. The first-order valence-electron chi connectivity index (χ1n) is 15.6. The highest BCUT2D eigenvalue weighted by Gasteiger charge is 2.19. The summed E-state index contributed by atoms with van der Waals surface area (Å²) >= 11 is 0. The van der Waals surface area contributed by atoms with Crippen molar-refractivity contribution in [2.24, 2.45) is 5.92 Å². The van der Waals surface area contributed by atoms with Crippen LogP contribution in [-0.2, 0) is 0 Å². The summed E-state index contributed by atoms with van der Waals surface area (Å²) in [7, 11) is 0. The number of pyridine rings is 1. The molecular weight excluding hydrogens is 528 g/mol. The molecule has 3 aromatic heterocycles. The van der Waals surface area contributed by atoms with Crippen molar-refractivity contribution >= 4 is 22.0 Å². The van der Waals surface area contributed by atoms with Crippen molar-refractivity contribution < 1.29 is 0 Å². The molecule has 0 unspecified atom stereocenters. The van der Waals surface area contributed by atoms with Gasteiger partial charge >= 0.3 is 0 Å². The Morgan fingerprint density at radius 3 is 2.63 bits per heavy atom. The van der Waals surface area contributed by atoms with Gasteiger partial charge < -0.3 is 10.3 Å². The number of fused-ring (bicyclic) bond motifs is 1. The molecule has 224 valence electrons. The van der Waals surface area contributed by atoms with E-state index in [9.17, 15) is 0 Å². The topological polar surface area (TPSA) is 82.3 Å². The van der Waals surface area contributed by atoms with E-state index >= 15 is 0 Å². The van der Waals surface area contributed by atoms with Gasteiger partial charge in [0.15, 0.2) is 5.82 Å². The number of nitrogens with one attached hydrogen (secondary N) is 3. The van der Waals surface area contributed by atoms with Gasteiger partial charge in [-0.2, -0.15) is 5.10 Å². The van der Waals surface area contributed by atoms with Crippen LogP contribution in [0.5, 0.6) is 0 Å². The van der Waals surface area contributed by atoms with Crippen LogP contribution in [-0.4, -0.2) is 25.1 Å². The minimum atomic E-state index is 0.712. The summed E-state index contributed by atoms with van der Waals surface area (Å²) in [5, 5.41) is 12.2. The molecule has 2 aliphatic rings. The van der Waals surface area contributed by atoms with E-state index in [1.807, 2.05) is 52.1 Å². The van der Waals surface area contributed by atoms with Gasteiger partial charge in [-0.3, -0.25) is 10.1 Å². The van der Waals surface area contributed by atoms with Crippen LogP contribution in [0.1, 0.15) is 82.8 Å². The van der Waals surface area contributed by atoms with Crippen molar-refractivity contribution in [1.29, 1.82) is 0 Å². The van der Waals surface area contributed by atoms with Gasteiger partial charge in [0.05, 0.1) is 23.1 Å². The Kier molecular flexibility index (Phi) is 11.1. The molecule has 43 heavy (non-hydrogen) atoms. The number of aromatic amines is 2. The third-order valence-corrected chi connectivity index (χ3v) is 7.90. The van der Waals surface area contributed by atoms with Gasteiger partial charge in [0.2, 0.25) is 0 Å². The van der Waals surface area contributed by atoms with E-state index in [0.717, 1.165) is 80.6 Å². The second-order valence-electron chi connectivity index (χ2n) is 10.8. The molecule has 1 fully saturated rings. The van der Waals surface area contributed by atoms with Crippen molar-refractivity contribution in [3.63, 3.8) is 0 Å². The third-order valence-electron chi connectivity index (χ3n) is 7.90. The van der Waals surface area contributed by atoms with E-state index in [0.29, 0.717) is 5.82 Å². The first kappa shape index (κ1) is 31.5. The third kappa shape index (κ3) is 7.50. The molecular formula is C37H46N6. The predicted molar refractivity (Wildman–Crippen MR) is 183 cm³/mol. The number of hydrogen-bond acceptors (Lipinski definition) is 4. The van der Waals surface area contributed by atoms with Gasteiger partial charge in [0.1, 0.15) is 5.69 Å². The normalized spacial score (nSPS) is 16.1. The van der Waals surface area contributed by atoms with Crippen molar-refractivity contribution in [3.8, 4) is 11.5 Å². The Labute approximate surface area is 256 Å². The molecule has 2 aliphatic carbocycles. The minimum Gasteiger partial charge on any atom is -0.359 e. The lowest BCUT2D eigenvalue weighted by molar-refractivity contribution is 0.353. The van der Waals surface area contributed by atoms with E-state index in [2.05, 4.69) is 76.7 Å². The lowest BCUT2D eigenvalue weighted by Gasteiger charge is -2.23. The lowest BCUT2D eigenvalue weighted by Crippen LogP contribution is -2.16. The molecule has 0 atom stereocenters. The number of allylic oxidation sites excluding steroid dienone is 12. The second kappa shape index (κ2) is 15.1. The average molecular weight is 575 g/mol. The number of H-pyrrole nitrogens is 2. The first-order chi connectivity index (χ1) is 21.0. The number of rotatable bonds is 11. The molecule has 3 N–H and O–H groups in total. The highest BCUT2D eigenvalue weighted by Crippen LogP contribution is 2.33. The maximum Gasteiger partial charge on any atom is 0.159 e. The maximum absolute atomic E-state index is 4.99. The zero-order chi connectivity index (χ0) is 30.8. The van der Waals surface area contributed by atoms with E-state index in [1.54, 1.807) is 0 Å². The quantitative estimate of drug-likeness (QED) is 0.199. The fraction of sp³-hybridized carbons (Fsp3) is 0.324. The largest absolute Gasteiger partial charge is 0.359 e. The van der Waals surface area contributed by atoms with Crippen LogP contribution in [0.4, 0.5) is 0 Å². The zero-order valence-electron chi connectivity index (χ0n) is 26.3. The predicted octanol–water partition coefficient (Wildman–Crippen LogP) is 9.69. The number of nitrogens with zero attached hydrogens (tertiary/aromatic N) is 3. The Morgan fingerprint density at radius 1 is 1.16 bits per heavy atom. The van der Waals surface area contributed by atoms with Crippen molar-refractivity contribution in [3.05, 3.63) is 115 Å². The lowest BCUT2D eigenvalue weighted by atomic mass is 9.86. The maximum atomic E-state index is 4.99. The van der Waals surface area contributed by atoms with Gasteiger partial charge in [-0.15, -0.1) is 0 Å². The van der Waals surface area contributed by atoms with E-state index in [-0.39, 0.29) is 0 Å². The second-order valence-corrected chi connectivity index (χ2v) is 10.8. The summed E-state index contributed by atoms with van der Waals surface area (Å²) in [4.78, 5) is 13.2. The molecule has 0 aromatic carbocycles. The molecule has 6 heteroatoms. The molecule has 0 bridgehead atoms. The average Bonchev–Trinajstić information content (AvgIpc) is 3.79. The molecule has 0 amide bonds. The van der Waals surface area contributed by atoms with Crippen LogP contribution < -0.4 is 5.32 Å². The fourth-order valence-electron chi connectivity index (χ4n) is 5.79. The van der Waals surface area contributed by atoms with Gasteiger partial charge in [-0.1, -0.05) is 102 Å². The number of aromatic nitrogens is 5. The van der Waals surface area contributed by atoms with Crippen molar-refractivity contribution in [1.82, 2.24) is 30.5 Å². The standard InChI is InChI=1S/C35H40N6.C2H6/c1-6-14-29(27-17-12-13-18-27)33-24(5)38-35(39-33)34-30-21-31(36-22-32(30)40-41-34)26(7-2)20-28(8-3)37-23(4)19-25-15-10-9-11-16-25;1-2/h6-8,12,14,17-18,20-22,25,37H,1,3-4,9-11,13,15-16,19H2,2,5H3,(H,38,39)(H,40,41);1-2H3/b26-7+,28-20+,29-14-;. The Balaban J connectivity index is 0.00000207. The molecule has 1 saturated carbocycles. The summed E-state index contributed by atoms with van der Waals surface area (Å²) in [5.74, 6) is 1.43. The van der Waals surface area contributed by atoms with Crippen LogP contribution in [0.3, 0.4) is 0 Å².